The van der Waals surface area contributed by atoms with Gasteiger partial charge in [0.2, 0.25) is 0 Å². The summed E-state index contributed by atoms with van der Waals surface area (Å²) in [5.74, 6) is 1.47. The molecule has 2 aromatic carbocycles. The standard InChI is InChI=1S/C19H13Cl2N3OS/c1-25-12-7-5-11(6-8-12)13-9-26-19-16(13)18(22-10-23-19)24-17-14(20)3-2-4-15(17)21/h2-10H,1H3,(H,22,23,24). The zero-order valence-corrected chi connectivity index (χ0v) is 16.0. The summed E-state index contributed by atoms with van der Waals surface area (Å²) in [5.41, 5.74) is 2.72. The molecule has 4 aromatic rings. The minimum Gasteiger partial charge on any atom is -0.497 e. The quantitative estimate of drug-likeness (QED) is 0.428. The molecule has 0 aliphatic heterocycles. The third-order valence-corrected chi connectivity index (χ3v) is 5.49. The summed E-state index contributed by atoms with van der Waals surface area (Å²) < 4.78 is 5.24. The molecule has 0 unspecified atom stereocenters. The zero-order valence-electron chi connectivity index (χ0n) is 13.7. The van der Waals surface area contributed by atoms with Crippen LogP contribution in [0.4, 0.5) is 11.5 Å². The number of methoxy groups -OCH3 is 1. The molecule has 0 aliphatic rings. The lowest BCUT2D eigenvalue weighted by atomic mass is 10.1. The molecule has 0 saturated carbocycles. The van der Waals surface area contributed by atoms with Crippen molar-refractivity contribution in [2.75, 3.05) is 12.4 Å². The number of rotatable bonds is 4. The number of nitrogens with zero attached hydrogens (tertiary/aromatic N) is 2. The van der Waals surface area contributed by atoms with Gasteiger partial charge in [-0.3, -0.25) is 0 Å². The minimum absolute atomic E-state index is 0.533. The van der Waals surface area contributed by atoms with Crippen LogP contribution in [0.25, 0.3) is 21.3 Å². The molecule has 0 atom stereocenters. The highest BCUT2D eigenvalue weighted by molar-refractivity contribution is 7.17. The van der Waals surface area contributed by atoms with E-state index in [9.17, 15) is 0 Å². The van der Waals surface area contributed by atoms with E-state index in [2.05, 4.69) is 20.7 Å². The van der Waals surface area contributed by atoms with Crippen molar-refractivity contribution < 1.29 is 4.74 Å². The first-order chi connectivity index (χ1) is 12.7. The van der Waals surface area contributed by atoms with Crippen molar-refractivity contribution in [2.24, 2.45) is 0 Å². The highest BCUT2D eigenvalue weighted by Gasteiger charge is 2.15. The summed E-state index contributed by atoms with van der Waals surface area (Å²) in [6.07, 6.45) is 1.53. The van der Waals surface area contributed by atoms with Gasteiger partial charge < -0.3 is 10.1 Å². The zero-order chi connectivity index (χ0) is 18.1. The summed E-state index contributed by atoms with van der Waals surface area (Å²) in [7, 11) is 1.65. The molecule has 0 radical (unpaired) electrons. The van der Waals surface area contributed by atoms with E-state index in [4.69, 9.17) is 27.9 Å². The number of ether oxygens (including phenoxy) is 1. The van der Waals surface area contributed by atoms with Crippen molar-refractivity contribution in [1.29, 1.82) is 0 Å². The molecular formula is C19H13Cl2N3OS. The fraction of sp³-hybridized carbons (Fsp3) is 0.0526. The van der Waals surface area contributed by atoms with Crippen molar-refractivity contribution in [1.82, 2.24) is 9.97 Å². The van der Waals surface area contributed by atoms with E-state index in [1.165, 1.54) is 6.33 Å². The highest BCUT2D eigenvalue weighted by atomic mass is 35.5. The Balaban J connectivity index is 1.84. The van der Waals surface area contributed by atoms with Gasteiger partial charge in [0.1, 0.15) is 22.7 Å². The summed E-state index contributed by atoms with van der Waals surface area (Å²) in [4.78, 5) is 9.69. The number of halogens is 2. The van der Waals surface area contributed by atoms with E-state index < -0.39 is 0 Å². The lowest BCUT2D eigenvalue weighted by Gasteiger charge is -2.11. The average Bonchev–Trinajstić information content (AvgIpc) is 3.10. The van der Waals surface area contributed by atoms with E-state index in [1.54, 1.807) is 36.6 Å². The fourth-order valence-electron chi connectivity index (χ4n) is 2.69. The number of para-hydroxylation sites is 1. The Morgan fingerprint density at radius 3 is 2.42 bits per heavy atom. The smallest absolute Gasteiger partial charge is 0.143 e. The third kappa shape index (κ3) is 3.09. The van der Waals surface area contributed by atoms with Crippen LogP contribution in [-0.2, 0) is 0 Å². The Bertz CT molecular complexity index is 1060. The normalized spacial score (nSPS) is 10.9. The SMILES string of the molecule is COc1ccc(-c2csc3ncnc(Nc4c(Cl)cccc4Cl)c23)cc1. The lowest BCUT2D eigenvalue weighted by Crippen LogP contribution is -1.97. The van der Waals surface area contributed by atoms with Crippen molar-refractivity contribution in [3.05, 3.63) is 64.2 Å². The Morgan fingerprint density at radius 1 is 1.00 bits per heavy atom. The maximum Gasteiger partial charge on any atom is 0.143 e. The van der Waals surface area contributed by atoms with E-state index >= 15 is 0 Å². The molecule has 0 spiro atoms. The monoisotopic (exact) mass is 401 g/mol. The molecule has 7 heteroatoms. The van der Waals surface area contributed by atoms with Crippen molar-refractivity contribution >= 4 is 56.3 Å². The van der Waals surface area contributed by atoms with Crippen molar-refractivity contribution in [3.8, 4) is 16.9 Å². The largest absolute Gasteiger partial charge is 0.497 e. The molecule has 130 valence electrons. The highest BCUT2D eigenvalue weighted by Crippen LogP contribution is 2.40. The molecule has 2 heterocycles. The fourth-order valence-corrected chi connectivity index (χ4v) is 4.10. The lowest BCUT2D eigenvalue weighted by molar-refractivity contribution is 0.415. The first-order valence-corrected chi connectivity index (χ1v) is 9.38. The van der Waals surface area contributed by atoms with Gasteiger partial charge in [-0.2, -0.15) is 0 Å². The molecule has 4 rings (SSSR count). The minimum atomic E-state index is 0.533. The first-order valence-electron chi connectivity index (χ1n) is 7.75. The maximum atomic E-state index is 6.29. The molecular weight excluding hydrogens is 389 g/mol. The molecule has 0 amide bonds. The molecule has 1 N–H and O–H groups in total. The molecule has 0 saturated heterocycles. The number of hydrogen-bond acceptors (Lipinski definition) is 5. The Morgan fingerprint density at radius 2 is 1.73 bits per heavy atom. The van der Waals surface area contributed by atoms with Crippen molar-refractivity contribution in [3.63, 3.8) is 0 Å². The maximum absolute atomic E-state index is 6.29. The second-order valence-corrected chi connectivity index (χ2v) is 7.17. The first kappa shape index (κ1) is 17.1. The van der Waals surface area contributed by atoms with E-state index in [0.717, 1.165) is 27.1 Å². The van der Waals surface area contributed by atoms with Crippen LogP contribution < -0.4 is 10.1 Å². The van der Waals surface area contributed by atoms with Gasteiger partial charge in [-0.15, -0.1) is 11.3 Å². The van der Waals surface area contributed by atoms with Crippen LogP contribution in [0.1, 0.15) is 0 Å². The predicted molar refractivity (Wildman–Crippen MR) is 109 cm³/mol. The summed E-state index contributed by atoms with van der Waals surface area (Å²) in [6, 6.07) is 13.3. The van der Waals surface area contributed by atoms with Gasteiger partial charge in [-0.1, -0.05) is 41.4 Å². The number of aromatic nitrogens is 2. The van der Waals surface area contributed by atoms with Gasteiger partial charge >= 0.3 is 0 Å². The van der Waals surface area contributed by atoms with Crippen LogP contribution in [0.5, 0.6) is 5.75 Å². The average molecular weight is 402 g/mol. The van der Waals surface area contributed by atoms with Crippen LogP contribution in [0.15, 0.2) is 54.2 Å². The van der Waals surface area contributed by atoms with Crippen LogP contribution in [0.2, 0.25) is 10.0 Å². The number of nitrogens with one attached hydrogen (secondary N) is 1. The van der Waals surface area contributed by atoms with Gasteiger partial charge in [-0.05, 0) is 29.8 Å². The predicted octanol–water partition coefficient (Wildman–Crippen LogP) is 6.42. The summed E-state index contributed by atoms with van der Waals surface area (Å²) >= 11 is 14.1. The van der Waals surface area contributed by atoms with Gasteiger partial charge in [0.25, 0.3) is 0 Å². The second-order valence-electron chi connectivity index (χ2n) is 5.50. The van der Waals surface area contributed by atoms with Crippen LogP contribution in [0.3, 0.4) is 0 Å². The molecule has 0 bridgehead atoms. The van der Waals surface area contributed by atoms with E-state index in [1.807, 2.05) is 24.3 Å². The number of fused-ring (bicyclic) bond motifs is 1. The third-order valence-electron chi connectivity index (χ3n) is 3.98. The molecule has 0 fully saturated rings. The number of anilines is 2. The number of thiophene rings is 1. The Kier molecular flexibility index (Phi) is 4.68. The molecule has 4 nitrogen and oxygen atoms in total. The number of benzene rings is 2. The Labute approximate surface area is 164 Å². The molecule has 26 heavy (non-hydrogen) atoms. The summed E-state index contributed by atoms with van der Waals surface area (Å²) in [6.45, 7) is 0. The van der Waals surface area contributed by atoms with E-state index in [0.29, 0.717) is 21.6 Å². The van der Waals surface area contributed by atoms with Gasteiger partial charge in [0, 0.05) is 10.9 Å². The number of hydrogen-bond donors (Lipinski definition) is 1. The van der Waals surface area contributed by atoms with Gasteiger partial charge in [-0.25, -0.2) is 9.97 Å². The topological polar surface area (TPSA) is 47.0 Å². The molecule has 0 aliphatic carbocycles. The van der Waals surface area contributed by atoms with Crippen LogP contribution >= 0.6 is 34.5 Å². The van der Waals surface area contributed by atoms with Crippen LogP contribution in [-0.4, -0.2) is 17.1 Å². The van der Waals surface area contributed by atoms with E-state index in [-0.39, 0.29) is 0 Å². The Hall–Kier alpha value is -2.34. The molecule has 2 aromatic heterocycles. The summed E-state index contributed by atoms with van der Waals surface area (Å²) in [5, 5.41) is 7.33. The second kappa shape index (κ2) is 7.11. The van der Waals surface area contributed by atoms with Crippen molar-refractivity contribution in [2.45, 2.75) is 0 Å². The van der Waals surface area contributed by atoms with Crippen LogP contribution in [0, 0.1) is 0 Å². The van der Waals surface area contributed by atoms with Gasteiger partial charge in [0.05, 0.1) is 28.2 Å². The van der Waals surface area contributed by atoms with Gasteiger partial charge in [0.15, 0.2) is 0 Å².